The summed E-state index contributed by atoms with van der Waals surface area (Å²) in [6, 6.07) is 8.22. The number of ether oxygens (including phenoxy) is 3. The third-order valence-electron chi connectivity index (χ3n) is 5.39. The number of ketones is 1. The van der Waals surface area contributed by atoms with Gasteiger partial charge in [-0.2, -0.15) is 13.2 Å². The van der Waals surface area contributed by atoms with Crippen LogP contribution in [0.2, 0.25) is 0 Å². The summed E-state index contributed by atoms with van der Waals surface area (Å²) >= 11 is 0. The molecule has 1 heterocycles. The van der Waals surface area contributed by atoms with Gasteiger partial charge in [-0.05, 0) is 55.5 Å². The molecular weight excluding hydrogens is 512 g/mol. The number of nitrogens with one attached hydrogen (secondary N) is 1. The first-order valence-corrected chi connectivity index (χ1v) is 11.2. The number of amides is 1. The predicted octanol–water partition coefficient (Wildman–Crippen LogP) is 4.30. The van der Waals surface area contributed by atoms with Crippen molar-refractivity contribution in [1.82, 2.24) is 10.3 Å². The lowest BCUT2D eigenvalue weighted by Gasteiger charge is -2.16. The van der Waals surface area contributed by atoms with Crippen LogP contribution in [0, 0.1) is 5.82 Å². The van der Waals surface area contributed by atoms with Gasteiger partial charge in [0.25, 0.3) is 5.91 Å². The van der Waals surface area contributed by atoms with Gasteiger partial charge in [0, 0.05) is 11.1 Å². The zero-order valence-electron chi connectivity index (χ0n) is 20.6. The normalized spacial score (nSPS) is 12.0. The lowest BCUT2D eigenvalue weighted by molar-refractivity contribution is -0.139. The van der Waals surface area contributed by atoms with Gasteiger partial charge in [0.1, 0.15) is 29.6 Å². The first-order valence-electron chi connectivity index (χ1n) is 11.2. The van der Waals surface area contributed by atoms with E-state index >= 15 is 0 Å². The molecule has 0 saturated carbocycles. The summed E-state index contributed by atoms with van der Waals surface area (Å²) in [6.45, 7) is 1.23. The first kappa shape index (κ1) is 28.4. The maximum atomic E-state index is 13.8. The Bertz CT molecular complexity index is 1330. The lowest BCUT2D eigenvalue weighted by atomic mass is 10.0. The number of alkyl halides is 3. The van der Waals surface area contributed by atoms with Crippen LogP contribution in [0.25, 0.3) is 11.3 Å². The Kier molecular flexibility index (Phi) is 8.89. The number of methoxy groups -OCH3 is 2. The number of benzene rings is 2. The number of hydrogen-bond donors (Lipinski definition) is 2. The van der Waals surface area contributed by atoms with Crippen LogP contribution < -0.4 is 19.5 Å². The zero-order chi connectivity index (χ0) is 28.0. The van der Waals surface area contributed by atoms with Crippen molar-refractivity contribution in [3.63, 3.8) is 0 Å². The summed E-state index contributed by atoms with van der Waals surface area (Å²) in [7, 11) is 2.65. The second-order valence-electron chi connectivity index (χ2n) is 7.94. The van der Waals surface area contributed by atoms with E-state index in [-0.39, 0.29) is 47.2 Å². The van der Waals surface area contributed by atoms with Crippen molar-refractivity contribution >= 4 is 11.7 Å². The van der Waals surface area contributed by atoms with Gasteiger partial charge in [-0.1, -0.05) is 0 Å². The van der Waals surface area contributed by atoms with Crippen molar-refractivity contribution in [3.05, 3.63) is 71.2 Å². The SMILES string of the molecule is COc1cc(C(=O)NC(C)C(=O)c2ccc(OC)c(-c3ccc(F)c(C(F)(F)F)c3)n2)ccc1OCCO. The van der Waals surface area contributed by atoms with Crippen LogP contribution in [0.3, 0.4) is 0 Å². The molecule has 0 saturated heterocycles. The van der Waals surface area contributed by atoms with Crippen molar-refractivity contribution in [3.8, 4) is 28.5 Å². The molecule has 0 spiro atoms. The zero-order valence-corrected chi connectivity index (χ0v) is 20.6. The molecule has 1 unspecified atom stereocenters. The average Bonchev–Trinajstić information content (AvgIpc) is 2.90. The molecule has 12 heteroatoms. The van der Waals surface area contributed by atoms with Crippen molar-refractivity contribution < 1.29 is 46.5 Å². The minimum atomic E-state index is -4.94. The van der Waals surface area contributed by atoms with Crippen molar-refractivity contribution in [2.75, 3.05) is 27.4 Å². The van der Waals surface area contributed by atoms with E-state index < -0.39 is 35.3 Å². The van der Waals surface area contributed by atoms with Crippen molar-refractivity contribution in [2.24, 2.45) is 0 Å². The molecule has 1 atom stereocenters. The quantitative estimate of drug-likeness (QED) is 0.294. The Hall–Kier alpha value is -4.19. The van der Waals surface area contributed by atoms with E-state index in [1.807, 2.05) is 0 Å². The molecule has 1 amide bonds. The molecule has 2 N–H and O–H groups in total. The Morgan fingerprint density at radius 1 is 1.00 bits per heavy atom. The van der Waals surface area contributed by atoms with E-state index in [1.54, 1.807) is 0 Å². The molecule has 0 bridgehead atoms. The highest BCUT2D eigenvalue weighted by molar-refractivity contribution is 6.03. The third kappa shape index (κ3) is 6.38. The van der Waals surface area contributed by atoms with Crippen LogP contribution in [0.1, 0.15) is 33.3 Å². The van der Waals surface area contributed by atoms with Gasteiger partial charge in [0.2, 0.25) is 5.78 Å². The van der Waals surface area contributed by atoms with Crippen LogP contribution in [0.5, 0.6) is 17.2 Å². The summed E-state index contributed by atoms with van der Waals surface area (Å²) < 4.78 is 69.1. The number of pyridine rings is 1. The Morgan fingerprint density at radius 2 is 1.68 bits per heavy atom. The summed E-state index contributed by atoms with van der Waals surface area (Å²) in [5.41, 5.74) is -1.70. The summed E-state index contributed by atoms with van der Waals surface area (Å²) in [4.78, 5) is 30.0. The number of aliphatic hydroxyl groups is 1. The number of aliphatic hydroxyl groups excluding tert-OH is 1. The monoisotopic (exact) mass is 536 g/mol. The number of carbonyl (C=O) groups excluding carboxylic acids is 2. The number of hydrogen-bond acceptors (Lipinski definition) is 7. The van der Waals surface area contributed by atoms with Gasteiger partial charge < -0.3 is 24.6 Å². The van der Waals surface area contributed by atoms with E-state index in [2.05, 4.69) is 10.3 Å². The summed E-state index contributed by atoms with van der Waals surface area (Å²) in [6.07, 6.45) is -4.94. The highest BCUT2D eigenvalue weighted by Gasteiger charge is 2.34. The largest absolute Gasteiger partial charge is 0.494 e. The molecule has 3 rings (SSSR count). The minimum Gasteiger partial charge on any atom is -0.494 e. The Balaban J connectivity index is 1.85. The van der Waals surface area contributed by atoms with Gasteiger partial charge >= 0.3 is 6.18 Å². The van der Waals surface area contributed by atoms with E-state index in [0.717, 1.165) is 6.07 Å². The van der Waals surface area contributed by atoms with E-state index in [4.69, 9.17) is 19.3 Å². The fourth-order valence-electron chi connectivity index (χ4n) is 3.50. The maximum Gasteiger partial charge on any atom is 0.419 e. The molecule has 0 aliphatic rings. The molecule has 3 aromatic rings. The van der Waals surface area contributed by atoms with Gasteiger partial charge in [0.15, 0.2) is 11.5 Å². The maximum absolute atomic E-state index is 13.8. The van der Waals surface area contributed by atoms with E-state index in [0.29, 0.717) is 17.9 Å². The first-order chi connectivity index (χ1) is 18.0. The number of Topliss-reactive ketones (excluding diaryl/α,β-unsaturated/α-hetero) is 1. The van der Waals surface area contributed by atoms with Gasteiger partial charge in [-0.15, -0.1) is 0 Å². The molecule has 1 aromatic heterocycles. The van der Waals surface area contributed by atoms with E-state index in [1.165, 1.54) is 51.5 Å². The topological polar surface area (TPSA) is 107 Å². The molecule has 0 aliphatic carbocycles. The molecule has 38 heavy (non-hydrogen) atoms. The molecule has 202 valence electrons. The number of rotatable bonds is 10. The highest BCUT2D eigenvalue weighted by atomic mass is 19.4. The Morgan fingerprint density at radius 3 is 2.32 bits per heavy atom. The fraction of sp³-hybridized carbons (Fsp3) is 0.269. The van der Waals surface area contributed by atoms with Crippen LogP contribution in [0.4, 0.5) is 17.6 Å². The molecule has 2 aromatic carbocycles. The average molecular weight is 536 g/mol. The number of aromatic nitrogens is 1. The second-order valence-corrected chi connectivity index (χ2v) is 7.94. The smallest absolute Gasteiger partial charge is 0.419 e. The molecule has 0 fully saturated rings. The Labute approximate surface area is 215 Å². The molecule has 0 aliphatic heterocycles. The number of halogens is 4. The second kappa shape index (κ2) is 11.9. The minimum absolute atomic E-state index is 0.0275. The van der Waals surface area contributed by atoms with Gasteiger partial charge in [0.05, 0.1) is 32.4 Å². The highest BCUT2D eigenvalue weighted by Crippen LogP contribution is 2.36. The summed E-state index contributed by atoms with van der Waals surface area (Å²) in [5, 5.41) is 11.4. The van der Waals surface area contributed by atoms with Gasteiger partial charge in [-0.3, -0.25) is 9.59 Å². The van der Waals surface area contributed by atoms with Crippen LogP contribution in [-0.2, 0) is 6.18 Å². The molecular formula is C26H24F4N2O6. The van der Waals surface area contributed by atoms with E-state index in [9.17, 15) is 27.2 Å². The fourth-order valence-corrected chi connectivity index (χ4v) is 3.50. The summed E-state index contributed by atoms with van der Waals surface area (Å²) in [5.74, 6) is -2.08. The van der Waals surface area contributed by atoms with Crippen LogP contribution in [-0.4, -0.2) is 55.3 Å². The number of nitrogens with zero attached hydrogens (tertiary/aromatic N) is 1. The third-order valence-corrected chi connectivity index (χ3v) is 5.39. The number of carbonyl (C=O) groups is 2. The van der Waals surface area contributed by atoms with Crippen molar-refractivity contribution in [2.45, 2.75) is 19.1 Å². The predicted molar refractivity (Wildman–Crippen MR) is 128 cm³/mol. The lowest BCUT2D eigenvalue weighted by Crippen LogP contribution is -2.38. The standard InChI is InChI=1S/C26H24F4N2O6/c1-14(31-25(35)16-5-8-20(38-11-10-33)22(13-16)37-3)24(34)19-7-9-21(36-2)23(32-19)15-4-6-18(27)17(12-15)26(28,29)30/h4-9,12-14,33H,10-11H2,1-3H3,(H,31,35). The molecule has 8 nitrogen and oxygen atoms in total. The van der Waals surface area contributed by atoms with Crippen LogP contribution >= 0.6 is 0 Å². The van der Waals surface area contributed by atoms with Gasteiger partial charge in [-0.25, -0.2) is 9.37 Å². The van der Waals surface area contributed by atoms with Crippen molar-refractivity contribution in [1.29, 1.82) is 0 Å². The molecule has 0 radical (unpaired) electrons. The van der Waals surface area contributed by atoms with Crippen LogP contribution in [0.15, 0.2) is 48.5 Å².